The van der Waals surface area contributed by atoms with E-state index in [1.54, 1.807) is 6.92 Å². The van der Waals surface area contributed by atoms with E-state index in [9.17, 15) is 4.79 Å². The fourth-order valence-corrected chi connectivity index (χ4v) is 0.0900. The highest BCUT2D eigenvalue weighted by Gasteiger charge is 2.03. The van der Waals surface area contributed by atoms with Gasteiger partial charge in [-0.05, 0) is 0 Å². The van der Waals surface area contributed by atoms with E-state index in [0.29, 0.717) is 0 Å². The minimum Gasteiger partial charge on any atom is -0.396 e. The Kier molecular flexibility index (Phi) is 7.16. The van der Waals surface area contributed by atoms with E-state index < -0.39 is 19.6 Å². The summed E-state index contributed by atoms with van der Waals surface area (Å²) in [6, 6.07) is 0. The first kappa shape index (κ1) is 14.1. The number of primary amides is 1. The van der Waals surface area contributed by atoms with Crippen molar-refractivity contribution in [1.29, 1.82) is 0 Å². The second-order valence-electron chi connectivity index (χ2n) is 2.00. The molecule has 8 heteroatoms. The highest BCUT2D eigenvalue weighted by molar-refractivity contribution is 7.45. The van der Waals surface area contributed by atoms with Gasteiger partial charge in [-0.15, -0.1) is 0 Å². The van der Waals surface area contributed by atoms with E-state index in [-0.39, 0.29) is 6.61 Å². The van der Waals surface area contributed by atoms with Crippen molar-refractivity contribution in [2.24, 2.45) is 11.7 Å². The molecule has 0 spiro atoms. The minimum atomic E-state index is -4.64. The average molecular weight is 201 g/mol. The topological polar surface area (TPSA) is 141 Å². The fraction of sp³-hybridized carbons (Fsp3) is 0.750. The lowest BCUT2D eigenvalue weighted by molar-refractivity contribution is -0.122. The Morgan fingerprint density at radius 2 is 1.75 bits per heavy atom. The first-order chi connectivity index (χ1) is 5.18. The Hall–Kier alpha value is -0.460. The first-order valence-electron chi connectivity index (χ1n) is 2.87. The summed E-state index contributed by atoms with van der Waals surface area (Å²) in [5.74, 6) is -0.859. The lowest BCUT2D eigenvalue weighted by Gasteiger charge is -1.97. The second-order valence-corrected chi connectivity index (χ2v) is 3.03. The van der Waals surface area contributed by atoms with E-state index in [0.717, 1.165) is 0 Å². The Morgan fingerprint density at radius 1 is 1.50 bits per heavy atom. The molecule has 0 aliphatic carbocycles. The van der Waals surface area contributed by atoms with Crippen LogP contribution in [0.25, 0.3) is 0 Å². The molecule has 0 heterocycles. The van der Waals surface area contributed by atoms with Gasteiger partial charge in [0.1, 0.15) is 0 Å². The maximum absolute atomic E-state index is 9.99. The van der Waals surface area contributed by atoms with Gasteiger partial charge < -0.3 is 25.5 Å². The van der Waals surface area contributed by atoms with Gasteiger partial charge >= 0.3 is 7.82 Å². The molecule has 12 heavy (non-hydrogen) atoms. The van der Waals surface area contributed by atoms with Crippen LogP contribution < -0.4 is 5.73 Å². The van der Waals surface area contributed by atoms with Crippen molar-refractivity contribution in [3.63, 3.8) is 0 Å². The van der Waals surface area contributed by atoms with Crippen LogP contribution in [0.15, 0.2) is 0 Å². The molecule has 0 aromatic heterocycles. The molecule has 0 radical (unpaired) electrons. The van der Waals surface area contributed by atoms with Crippen LogP contribution in [0.5, 0.6) is 0 Å². The molecule has 0 saturated carbocycles. The SMILES string of the molecule is CC(CO)C(N)=O.O=P(O)(O)O. The molecule has 0 aliphatic heterocycles. The number of hydrogen-bond acceptors (Lipinski definition) is 3. The zero-order valence-corrected chi connectivity index (χ0v) is 7.31. The van der Waals surface area contributed by atoms with E-state index in [1.165, 1.54) is 0 Å². The van der Waals surface area contributed by atoms with Gasteiger partial charge in [-0.25, -0.2) is 4.57 Å². The molecule has 7 nitrogen and oxygen atoms in total. The summed E-state index contributed by atoms with van der Waals surface area (Å²) in [5.41, 5.74) is 4.75. The van der Waals surface area contributed by atoms with Gasteiger partial charge in [-0.3, -0.25) is 4.79 Å². The van der Waals surface area contributed by atoms with Gasteiger partial charge in [0, 0.05) is 0 Å². The molecule has 1 atom stereocenters. The number of carbonyl (C=O) groups excluding carboxylic acids is 1. The van der Waals surface area contributed by atoms with E-state index >= 15 is 0 Å². The number of carbonyl (C=O) groups is 1. The average Bonchev–Trinajstić information content (AvgIpc) is 1.82. The molecule has 0 aromatic rings. The summed E-state index contributed by atoms with van der Waals surface area (Å²) in [6.07, 6.45) is 0. The number of hydrogen-bond donors (Lipinski definition) is 5. The molecule has 0 saturated heterocycles. The van der Waals surface area contributed by atoms with Crippen molar-refractivity contribution in [3.8, 4) is 0 Å². The standard InChI is InChI=1S/C4H9NO2.H3O4P/c1-3(2-6)4(5)7;1-5(2,3)4/h3,6H,2H2,1H3,(H2,5,7);(H3,1,2,3,4). The molecule has 1 amide bonds. The number of rotatable bonds is 2. The van der Waals surface area contributed by atoms with Crippen LogP contribution in [-0.4, -0.2) is 32.3 Å². The third kappa shape index (κ3) is 22.7. The van der Waals surface area contributed by atoms with Gasteiger partial charge in [0.25, 0.3) is 0 Å². The monoisotopic (exact) mass is 201 g/mol. The highest BCUT2D eigenvalue weighted by Crippen LogP contribution is 2.25. The van der Waals surface area contributed by atoms with Gasteiger partial charge in [0.2, 0.25) is 5.91 Å². The third-order valence-electron chi connectivity index (χ3n) is 0.760. The van der Waals surface area contributed by atoms with Crippen LogP contribution in [0.1, 0.15) is 6.92 Å². The van der Waals surface area contributed by atoms with Gasteiger partial charge in [-0.1, -0.05) is 6.92 Å². The Bertz CT molecular complexity index is 168. The third-order valence-corrected chi connectivity index (χ3v) is 0.760. The molecule has 0 aromatic carbocycles. The van der Waals surface area contributed by atoms with E-state index in [4.69, 9.17) is 30.1 Å². The van der Waals surface area contributed by atoms with Crippen molar-refractivity contribution in [3.05, 3.63) is 0 Å². The van der Waals surface area contributed by atoms with Crippen LogP contribution in [0.4, 0.5) is 0 Å². The van der Waals surface area contributed by atoms with Gasteiger partial charge in [0.15, 0.2) is 0 Å². The van der Waals surface area contributed by atoms with Crippen molar-refractivity contribution >= 4 is 13.7 Å². The smallest absolute Gasteiger partial charge is 0.396 e. The van der Waals surface area contributed by atoms with Crippen LogP contribution >= 0.6 is 7.82 Å². The Labute approximate surface area is 69.1 Å². The number of nitrogens with two attached hydrogens (primary N) is 1. The maximum atomic E-state index is 9.99. The molecular formula is C4H12NO6P. The summed E-state index contributed by atoms with van der Waals surface area (Å²) in [6.45, 7) is 1.41. The molecule has 0 fully saturated rings. The Morgan fingerprint density at radius 3 is 1.75 bits per heavy atom. The zero-order chi connectivity index (χ0) is 10.4. The van der Waals surface area contributed by atoms with Crippen LogP contribution in [0.2, 0.25) is 0 Å². The predicted molar refractivity (Wildman–Crippen MR) is 39.7 cm³/mol. The number of phosphoric acid groups is 1. The zero-order valence-electron chi connectivity index (χ0n) is 6.41. The number of amides is 1. The minimum absolute atomic E-state index is 0.157. The summed E-state index contributed by atoms with van der Waals surface area (Å²) in [7, 11) is -4.64. The molecule has 0 rings (SSSR count). The first-order valence-corrected chi connectivity index (χ1v) is 4.43. The van der Waals surface area contributed by atoms with E-state index in [2.05, 4.69) is 0 Å². The predicted octanol–water partition coefficient (Wildman–Crippen LogP) is -1.83. The fourth-order valence-electron chi connectivity index (χ4n) is 0.0900. The molecule has 1 unspecified atom stereocenters. The second kappa shape index (κ2) is 6.10. The van der Waals surface area contributed by atoms with Crippen molar-refractivity contribution in [2.45, 2.75) is 6.92 Å². The summed E-state index contributed by atoms with van der Waals surface area (Å²) in [5, 5.41) is 8.20. The molecule has 74 valence electrons. The summed E-state index contributed by atoms with van der Waals surface area (Å²) >= 11 is 0. The van der Waals surface area contributed by atoms with Crippen molar-refractivity contribution in [2.75, 3.05) is 6.61 Å². The molecule has 6 N–H and O–H groups in total. The molecule has 0 aliphatic rings. The van der Waals surface area contributed by atoms with Gasteiger partial charge in [0.05, 0.1) is 12.5 Å². The number of aliphatic hydroxyl groups excluding tert-OH is 1. The van der Waals surface area contributed by atoms with Crippen LogP contribution in [0, 0.1) is 5.92 Å². The lowest BCUT2D eigenvalue weighted by atomic mass is 10.2. The highest BCUT2D eigenvalue weighted by atomic mass is 31.2. The summed E-state index contributed by atoms with van der Waals surface area (Å²) < 4.78 is 8.88. The molecule has 0 bridgehead atoms. The number of aliphatic hydroxyl groups is 1. The van der Waals surface area contributed by atoms with Crippen LogP contribution in [-0.2, 0) is 9.36 Å². The lowest BCUT2D eigenvalue weighted by Crippen LogP contribution is -2.22. The summed E-state index contributed by atoms with van der Waals surface area (Å²) in [4.78, 5) is 31.6. The van der Waals surface area contributed by atoms with Crippen molar-refractivity contribution in [1.82, 2.24) is 0 Å². The quantitative estimate of drug-likeness (QED) is 0.333. The normalized spacial score (nSPS) is 12.8. The van der Waals surface area contributed by atoms with Gasteiger partial charge in [-0.2, -0.15) is 0 Å². The van der Waals surface area contributed by atoms with Crippen LogP contribution in [0.3, 0.4) is 0 Å². The largest absolute Gasteiger partial charge is 0.466 e. The van der Waals surface area contributed by atoms with E-state index in [1.807, 2.05) is 0 Å². The maximum Gasteiger partial charge on any atom is 0.466 e. The van der Waals surface area contributed by atoms with Crippen molar-refractivity contribution < 1.29 is 29.1 Å². The Balaban J connectivity index is 0. The molecular weight excluding hydrogens is 189 g/mol.